The molecule has 0 fully saturated rings. The van der Waals surface area contributed by atoms with E-state index in [-0.39, 0.29) is 18.1 Å². The number of benzene rings is 3. The predicted octanol–water partition coefficient (Wildman–Crippen LogP) is 6.70. The number of ether oxygens (including phenoxy) is 1. The number of nitro benzene ring substituents is 1. The molecular formula is C29H23FN4O4S. The summed E-state index contributed by atoms with van der Waals surface area (Å²) < 4.78 is 22.4. The summed E-state index contributed by atoms with van der Waals surface area (Å²) >= 11 is 1.24. The van der Waals surface area contributed by atoms with Crippen molar-refractivity contribution in [1.29, 1.82) is 0 Å². The number of halogens is 1. The maximum Gasteiger partial charge on any atom is 0.281 e. The highest BCUT2D eigenvalue weighted by atomic mass is 32.1. The van der Waals surface area contributed by atoms with Crippen LogP contribution >= 0.6 is 11.3 Å². The lowest BCUT2D eigenvalue weighted by atomic mass is 10.2. The van der Waals surface area contributed by atoms with Crippen LogP contribution in [0.2, 0.25) is 0 Å². The van der Waals surface area contributed by atoms with Crippen LogP contribution in [0.15, 0.2) is 84.0 Å². The zero-order valence-electron chi connectivity index (χ0n) is 21.1. The molecule has 0 bridgehead atoms. The average Bonchev–Trinajstić information content (AvgIpc) is 3.48. The lowest BCUT2D eigenvalue weighted by molar-refractivity contribution is -0.384. The van der Waals surface area contributed by atoms with Gasteiger partial charge < -0.3 is 9.30 Å². The standard InChI is InChI=1S/C29H23FN4O4S/c1-18-13-22(16-31-32-29(35)28-15-21-14-24(34(36)37)9-12-27(21)39-28)19(2)33(18)23-7-10-25(11-8-23)38-17-20-5-3-4-6-26(20)30/h3-16H,17H2,1-2H3,(H,32,35)/b31-16-. The number of rotatable bonds is 8. The van der Waals surface area contributed by atoms with E-state index in [1.54, 1.807) is 36.5 Å². The van der Waals surface area contributed by atoms with E-state index in [0.717, 1.165) is 27.3 Å². The van der Waals surface area contributed by atoms with Gasteiger partial charge in [0.1, 0.15) is 18.2 Å². The number of thiophene rings is 1. The molecule has 0 aliphatic heterocycles. The lowest BCUT2D eigenvalue weighted by Crippen LogP contribution is -2.16. The van der Waals surface area contributed by atoms with Crippen LogP contribution in [0.3, 0.4) is 0 Å². The molecule has 0 unspecified atom stereocenters. The van der Waals surface area contributed by atoms with Gasteiger partial charge in [0.2, 0.25) is 0 Å². The number of hydrogen-bond acceptors (Lipinski definition) is 6. The summed E-state index contributed by atoms with van der Waals surface area (Å²) in [6.45, 7) is 4.07. The summed E-state index contributed by atoms with van der Waals surface area (Å²) in [5, 5.41) is 15.8. The van der Waals surface area contributed by atoms with Crippen LogP contribution in [0.25, 0.3) is 15.8 Å². The number of hydrogen-bond donors (Lipinski definition) is 1. The minimum atomic E-state index is -0.464. The monoisotopic (exact) mass is 542 g/mol. The van der Waals surface area contributed by atoms with Crippen molar-refractivity contribution >= 4 is 39.2 Å². The Labute approximate surface area is 227 Å². The number of fused-ring (bicyclic) bond motifs is 1. The third-order valence-electron chi connectivity index (χ3n) is 6.22. The number of aryl methyl sites for hydroxylation is 1. The fourth-order valence-electron chi connectivity index (χ4n) is 4.26. The van der Waals surface area contributed by atoms with Crippen molar-refractivity contribution in [2.24, 2.45) is 5.10 Å². The Morgan fingerprint density at radius 3 is 2.62 bits per heavy atom. The molecule has 3 aromatic carbocycles. The molecule has 1 N–H and O–H groups in total. The van der Waals surface area contributed by atoms with Crippen LogP contribution < -0.4 is 10.2 Å². The molecule has 0 saturated heterocycles. The molecule has 2 heterocycles. The third kappa shape index (κ3) is 5.55. The van der Waals surface area contributed by atoms with Crippen LogP contribution in [0.5, 0.6) is 5.75 Å². The van der Waals surface area contributed by atoms with E-state index in [1.165, 1.54) is 29.5 Å². The van der Waals surface area contributed by atoms with E-state index in [1.807, 2.05) is 44.2 Å². The van der Waals surface area contributed by atoms with Crippen LogP contribution in [0, 0.1) is 29.8 Å². The number of hydrazone groups is 1. The van der Waals surface area contributed by atoms with Gasteiger partial charge in [0.25, 0.3) is 11.6 Å². The SMILES string of the molecule is Cc1cc(/C=N\NC(=O)c2cc3cc([N+](=O)[O-])ccc3s2)c(C)n1-c1ccc(OCc2ccccc2F)cc1. The van der Waals surface area contributed by atoms with Crippen LogP contribution in [-0.4, -0.2) is 21.6 Å². The molecule has 5 rings (SSSR count). The number of amides is 1. The van der Waals surface area contributed by atoms with Gasteiger partial charge in [-0.15, -0.1) is 11.3 Å². The first-order valence-corrected chi connectivity index (χ1v) is 12.8. The van der Waals surface area contributed by atoms with Crippen molar-refractivity contribution in [2.45, 2.75) is 20.5 Å². The van der Waals surface area contributed by atoms with Crippen molar-refractivity contribution in [1.82, 2.24) is 9.99 Å². The summed E-state index contributed by atoms with van der Waals surface area (Å²) in [4.78, 5) is 23.6. The Bertz CT molecular complexity index is 1720. The Balaban J connectivity index is 1.25. The molecular weight excluding hydrogens is 519 g/mol. The van der Waals surface area contributed by atoms with Gasteiger partial charge in [-0.1, -0.05) is 18.2 Å². The second-order valence-electron chi connectivity index (χ2n) is 8.82. The predicted molar refractivity (Wildman–Crippen MR) is 150 cm³/mol. The smallest absolute Gasteiger partial charge is 0.281 e. The van der Waals surface area contributed by atoms with Gasteiger partial charge in [-0.2, -0.15) is 5.10 Å². The third-order valence-corrected chi connectivity index (χ3v) is 7.34. The molecule has 0 aliphatic rings. The molecule has 0 atom stereocenters. The highest BCUT2D eigenvalue weighted by Gasteiger charge is 2.14. The number of nitrogens with one attached hydrogen (secondary N) is 1. The second-order valence-corrected chi connectivity index (χ2v) is 9.91. The topological polar surface area (TPSA) is 98.8 Å². The maximum atomic E-state index is 13.8. The van der Waals surface area contributed by atoms with Gasteiger partial charge in [0, 0.05) is 50.4 Å². The molecule has 0 aliphatic carbocycles. The largest absolute Gasteiger partial charge is 0.489 e. The second kappa shape index (κ2) is 10.9. The van der Waals surface area contributed by atoms with E-state index in [9.17, 15) is 19.3 Å². The Morgan fingerprint density at radius 2 is 1.87 bits per heavy atom. The zero-order valence-corrected chi connectivity index (χ0v) is 21.9. The number of nitro groups is 1. The fraction of sp³-hybridized carbons (Fsp3) is 0.103. The van der Waals surface area contributed by atoms with Crippen molar-refractivity contribution in [3.05, 3.63) is 122 Å². The summed E-state index contributed by atoms with van der Waals surface area (Å²) in [6.07, 6.45) is 1.58. The number of carbonyl (C=O) groups excluding carboxylic acids is 1. The van der Waals surface area contributed by atoms with E-state index >= 15 is 0 Å². The first-order valence-electron chi connectivity index (χ1n) is 12.0. The van der Waals surface area contributed by atoms with Crippen molar-refractivity contribution in [2.75, 3.05) is 0 Å². The summed E-state index contributed by atoms with van der Waals surface area (Å²) in [5.74, 6) is -0.0621. The number of carbonyl (C=O) groups is 1. The van der Waals surface area contributed by atoms with Gasteiger partial charge in [-0.25, -0.2) is 9.82 Å². The number of nitrogens with zero attached hydrogens (tertiary/aromatic N) is 3. The van der Waals surface area contributed by atoms with Crippen LogP contribution in [0.4, 0.5) is 10.1 Å². The highest BCUT2D eigenvalue weighted by Crippen LogP contribution is 2.29. The molecule has 39 heavy (non-hydrogen) atoms. The zero-order chi connectivity index (χ0) is 27.5. The molecule has 196 valence electrons. The number of non-ortho nitro benzene ring substituents is 1. The van der Waals surface area contributed by atoms with Crippen molar-refractivity contribution in [3.63, 3.8) is 0 Å². The van der Waals surface area contributed by atoms with Gasteiger partial charge in [0.05, 0.1) is 16.0 Å². The minimum absolute atomic E-state index is 0.0228. The number of aromatic nitrogens is 1. The molecule has 0 radical (unpaired) electrons. The molecule has 1 amide bonds. The van der Waals surface area contributed by atoms with Crippen molar-refractivity contribution in [3.8, 4) is 11.4 Å². The first-order chi connectivity index (χ1) is 18.8. The molecule has 2 aromatic heterocycles. The van der Waals surface area contributed by atoms with Gasteiger partial charge >= 0.3 is 0 Å². The lowest BCUT2D eigenvalue weighted by Gasteiger charge is -2.12. The summed E-state index contributed by atoms with van der Waals surface area (Å²) in [6, 6.07) is 22.1. The molecule has 8 nitrogen and oxygen atoms in total. The van der Waals surface area contributed by atoms with Gasteiger partial charge in [0.15, 0.2) is 0 Å². The maximum absolute atomic E-state index is 13.8. The molecule has 10 heteroatoms. The molecule has 0 saturated carbocycles. The van der Waals surface area contributed by atoms with Crippen LogP contribution in [-0.2, 0) is 6.61 Å². The summed E-state index contributed by atoms with van der Waals surface area (Å²) in [7, 11) is 0. The Morgan fingerprint density at radius 1 is 1.10 bits per heavy atom. The normalized spacial score (nSPS) is 11.3. The van der Waals surface area contributed by atoms with Gasteiger partial charge in [-0.3, -0.25) is 14.9 Å². The Kier molecular flexibility index (Phi) is 7.20. The van der Waals surface area contributed by atoms with Gasteiger partial charge in [-0.05, 0) is 62.4 Å². The Hall–Kier alpha value is -4.83. The molecule has 5 aromatic rings. The highest BCUT2D eigenvalue weighted by molar-refractivity contribution is 7.20. The first kappa shape index (κ1) is 25.8. The van der Waals surface area contributed by atoms with Crippen molar-refractivity contribution < 1.29 is 18.8 Å². The minimum Gasteiger partial charge on any atom is -0.489 e. The van der Waals surface area contributed by atoms with E-state index in [2.05, 4.69) is 15.1 Å². The average molecular weight is 543 g/mol. The fourth-order valence-corrected chi connectivity index (χ4v) is 5.19. The summed E-state index contributed by atoms with van der Waals surface area (Å²) in [5.41, 5.74) is 6.67. The van der Waals surface area contributed by atoms with E-state index in [0.29, 0.717) is 21.6 Å². The van der Waals surface area contributed by atoms with E-state index in [4.69, 9.17) is 4.74 Å². The van der Waals surface area contributed by atoms with Crippen LogP contribution in [0.1, 0.15) is 32.2 Å². The van der Waals surface area contributed by atoms with E-state index < -0.39 is 10.8 Å². The quantitative estimate of drug-likeness (QED) is 0.134. The molecule has 0 spiro atoms.